The molecule has 0 saturated carbocycles. The van der Waals surface area contributed by atoms with Crippen LogP contribution in [-0.4, -0.2) is 21.7 Å². The highest BCUT2D eigenvalue weighted by atomic mass is 16.2. The second-order valence-electron chi connectivity index (χ2n) is 6.68. The monoisotopic (exact) mass is 374 g/mol. The Labute approximate surface area is 164 Å². The molecule has 6 heteroatoms. The summed E-state index contributed by atoms with van der Waals surface area (Å²) >= 11 is 0. The molecule has 0 atom stereocenters. The summed E-state index contributed by atoms with van der Waals surface area (Å²) in [7, 11) is 0. The Bertz CT molecular complexity index is 1060. The number of hydrogen-bond acceptors (Lipinski definition) is 5. The highest BCUT2D eigenvalue weighted by molar-refractivity contribution is 6.04. The van der Waals surface area contributed by atoms with E-state index in [1.54, 1.807) is 30.3 Å². The van der Waals surface area contributed by atoms with Crippen LogP contribution in [0.25, 0.3) is 0 Å². The molecule has 142 valence electrons. The Morgan fingerprint density at radius 1 is 0.929 bits per heavy atom. The van der Waals surface area contributed by atoms with Gasteiger partial charge in [0.15, 0.2) is 5.78 Å². The lowest BCUT2D eigenvalue weighted by atomic mass is 10.1. The number of nitrogens with zero attached hydrogens (tertiary/aromatic N) is 2. The van der Waals surface area contributed by atoms with Crippen LogP contribution >= 0.6 is 0 Å². The highest BCUT2D eigenvalue weighted by Crippen LogP contribution is 2.21. The van der Waals surface area contributed by atoms with Gasteiger partial charge < -0.3 is 10.6 Å². The SMILES string of the molecule is CC(=O)c1cccc(NC(=O)c2cc(C)nc(Nc3cccc(C)c3C)n2)c1. The van der Waals surface area contributed by atoms with Gasteiger partial charge in [0.2, 0.25) is 5.95 Å². The van der Waals surface area contributed by atoms with E-state index in [0.717, 1.165) is 16.8 Å². The normalized spacial score (nSPS) is 10.4. The highest BCUT2D eigenvalue weighted by Gasteiger charge is 2.13. The van der Waals surface area contributed by atoms with Crippen molar-refractivity contribution in [3.63, 3.8) is 0 Å². The molecule has 0 fully saturated rings. The number of anilines is 3. The number of nitrogens with one attached hydrogen (secondary N) is 2. The molecule has 0 aliphatic rings. The molecule has 6 nitrogen and oxygen atoms in total. The summed E-state index contributed by atoms with van der Waals surface area (Å²) in [5.41, 5.74) is 5.14. The van der Waals surface area contributed by atoms with Crippen molar-refractivity contribution in [2.24, 2.45) is 0 Å². The van der Waals surface area contributed by atoms with Gasteiger partial charge in [0.05, 0.1) is 0 Å². The van der Waals surface area contributed by atoms with E-state index in [2.05, 4.69) is 20.6 Å². The summed E-state index contributed by atoms with van der Waals surface area (Å²) in [6.07, 6.45) is 0. The zero-order valence-corrected chi connectivity index (χ0v) is 16.3. The van der Waals surface area contributed by atoms with E-state index < -0.39 is 0 Å². The molecule has 0 saturated heterocycles. The number of aryl methyl sites for hydroxylation is 2. The third kappa shape index (κ3) is 4.40. The fourth-order valence-corrected chi connectivity index (χ4v) is 2.76. The molecule has 0 radical (unpaired) electrons. The van der Waals surface area contributed by atoms with Crippen molar-refractivity contribution in [3.05, 3.63) is 76.6 Å². The quantitative estimate of drug-likeness (QED) is 0.638. The van der Waals surface area contributed by atoms with E-state index in [0.29, 0.717) is 22.9 Å². The first-order valence-corrected chi connectivity index (χ1v) is 8.95. The molecule has 0 spiro atoms. The molecule has 2 N–H and O–H groups in total. The Balaban J connectivity index is 1.84. The van der Waals surface area contributed by atoms with Gasteiger partial charge in [-0.15, -0.1) is 0 Å². The van der Waals surface area contributed by atoms with Crippen molar-refractivity contribution in [2.75, 3.05) is 10.6 Å². The minimum absolute atomic E-state index is 0.0611. The average Bonchev–Trinajstić information content (AvgIpc) is 2.65. The fourth-order valence-electron chi connectivity index (χ4n) is 2.76. The lowest BCUT2D eigenvalue weighted by Gasteiger charge is -2.12. The molecule has 1 heterocycles. The van der Waals surface area contributed by atoms with Crippen molar-refractivity contribution in [3.8, 4) is 0 Å². The molecule has 28 heavy (non-hydrogen) atoms. The Hall–Kier alpha value is -3.54. The molecule has 3 rings (SSSR count). The van der Waals surface area contributed by atoms with Crippen molar-refractivity contribution in [1.29, 1.82) is 0 Å². The van der Waals surface area contributed by atoms with Gasteiger partial charge in [-0.3, -0.25) is 9.59 Å². The van der Waals surface area contributed by atoms with Crippen molar-refractivity contribution < 1.29 is 9.59 Å². The molecule has 0 aliphatic carbocycles. The topological polar surface area (TPSA) is 84.0 Å². The van der Waals surface area contributed by atoms with Crippen molar-refractivity contribution in [1.82, 2.24) is 9.97 Å². The van der Waals surface area contributed by atoms with E-state index in [-0.39, 0.29) is 17.4 Å². The minimum atomic E-state index is -0.366. The van der Waals surface area contributed by atoms with Crippen LogP contribution in [0, 0.1) is 20.8 Å². The van der Waals surface area contributed by atoms with Gasteiger partial charge in [-0.1, -0.05) is 24.3 Å². The largest absolute Gasteiger partial charge is 0.324 e. The maximum absolute atomic E-state index is 12.7. The third-order valence-electron chi connectivity index (χ3n) is 4.46. The predicted octanol–water partition coefficient (Wildman–Crippen LogP) is 4.60. The van der Waals surface area contributed by atoms with Gasteiger partial charge >= 0.3 is 0 Å². The Morgan fingerprint density at radius 2 is 1.68 bits per heavy atom. The summed E-state index contributed by atoms with van der Waals surface area (Å²) < 4.78 is 0. The summed E-state index contributed by atoms with van der Waals surface area (Å²) in [5.74, 6) is -0.0689. The zero-order valence-electron chi connectivity index (χ0n) is 16.3. The number of ketones is 1. The van der Waals surface area contributed by atoms with Gasteiger partial charge in [-0.25, -0.2) is 9.97 Å². The number of rotatable bonds is 5. The van der Waals surface area contributed by atoms with Crippen molar-refractivity contribution in [2.45, 2.75) is 27.7 Å². The first-order valence-electron chi connectivity index (χ1n) is 8.95. The van der Waals surface area contributed by atoms with E-state index in [1.165, 1.54) is 6.92 Å². The second kappa shape index (κ2) is 8.00. The second-order valence-corrected chi connectivity index (χ2v) is 6.68. The van der Waals surface area contributed by atoms with E-state index >= 15 is 0 Å². The predicted molar refractivity (Wildman–Crippen MR) is 110 cm³/mol. The first kappa shape index (κ1) is 19.2. The third-order valence-corrected chi connectivity index (χ3v) is 4.46. The Morgan fingerprint density at radius 3 is 2.43 bits per heavy atom. The van der Waals surface area contributed by atoms with E-state index in [1.807, 2.05) is 39.0 Å². The smallest absolute Gasteiger partial charge is 0.274 e. The number of carbonyl (C=O) groups excluding carboxylic acids is 2. The number of amides is 1. The number of hydrogen-bond donors (Lipinski definition) is 2. The molecular weight excluding hydrogens is 352 g/mol. The molecule has 0 aliphatic heterocycles. The molecular formula is C22H22N4O2. The van der Waals surface area contributed by atoms with Crippen LogP contribution < -0.4 is 10.6 Å². The van der Waals surface area contributed by atoms with Crippen LogP contribution in [0.1, 0.15) is 44.6 Å². The van der Waals surface area contributed by atoms with Gasteiger partial charge in [0, 0.05) is 22.6 Å². The average molecular weight is 374 g/mol. The number of aromatic nitrogens is 2. The number of carbonyl (C=O) groups is 2. The van der Waals surface area contributed by atoms with E-state index in [9.17, 15) is 9.59 Å². The summed E-state index contributed by atoms with van der Waals surface area (Å²) in [5, 5.41) is 5.97. The van der Waals surface area contributed by atoms with Gasteiger partial charge in [0.1, 0.15) is 5.69 Å². The fraction of sp³-hybridized carbons (Fsp3) is 0.182. The minimum Gasteiger partial charge on any atom is -0.324 e. The van der Waals surface area contributed by atoms with Gasteiger partial charge in [-0.05, 0) is 63.1 Å². The Kier molecular flexibility index (Phi) is 5.49. The van der Waals surface area contributed by atoms with Crippen LogP contribution in [0.5, 0.6) is 0 Å². The zero-order chi connectivity index (χ0) is 20.3. The lowest BCUT2D eigenvalue weighted by molar-refractivity contribution is 0.100. The van der Waals surface area contributed by atoms with E-state index in [4.69, 9.17) is 0 Å². The van der Waals surface area contributed by atoms with Crippen molar-refractivity contribution >= 4 is 29.0 Å². The summed E-state index contributed by atoms with van der Waals surface area (Å²) in [6, 6.07) is 14.4. The molecule has 1 amide bonds. The number of Topliss-reactive ketones (excluding diaryl/α,β-unsaturated/α-hetero) is 1. The van der Waals surface area contributed by atoms with Crippen LogP contribution in [0.3, 0.4) is 0 Å². The number of benzene rings is 2. The van der Waals surface area contributed by atoms with Gasteiger partial charge in [0.25, 0.3) is 5.91 Å². The molecule has 2 aromatic carbocycles. The molecule has 0 unspecified atom stereocenters. The summed E-state index contributed by atoms with van der Waals surface area (Å²) in [6.45, 7) is 7.35. The lowest BCUT2D eigenvalue weighted by Crippen LogP contribution is -2.16. The van der Waals surface area contributed by atoms with Crippen LogP contribution in [0.15, 0.2) is 48.5 Å². The standard InChI is InChI=1S/C22H22N4O2/c1-13-7-5-10-19(15(13)3)25-22-23-14(2)11-20(26-22)21(28)24-18-9-6-8-17(12-18)16(4)27/h5-12H,1-4H3,(H,24,28)(H,23,25,26). The van der Waals surface area contributed by atoms with Crippen LogP contribution in [0.4, 0.5) is 17.3 Å². The first-order chi connectivity index (χ1) is 13.3. The maximum atomic E-state index is 12.7. The molecule has 0 bridgehead atoms. The van der Waals surface area contributed by atoms with Gasteiger partial charge in [-0.2, -0.15) is 0 Å². The molecule has 1 aromatic heterocycles. The maximum Gasteiger partial charge on any atom is 0.274 e. The van der Waals surface area contributed by atoms with Crippen LogP contribution in [0.2, 0.25) is 0 Å². The summed E-state index contributed by atoms with van der Waals surface area (Å²) in [4.78, 5) is 32.9. The van der Waals surface area contributed by atoms with Crippen LogP contribution in [-0.2, 0) is 0 Å². The molecule has 3 aromatic rings.